The number of fused-ring (bicyclic) bond motifs is 1. The lowest BCUT2D eigenvalue weighted by Crippen LogP contribution is -2.43. The van der Waals surface area contributed by atoms with E-state index in [1.807, 2.05) is 13.8 Å². The van der Waals surface area contributed by atoms with E-state index in [-0.39, 0.29) is 18.3 Å². The van der Waals surface area contributed by atoms with E-state index in [4.69, 9.17) is 9.47 Å². The maximum atomic E-state index is 9.88. The van der Waals surface area contributed by atoms with Gasteiger partial charge in [-0.15, -0.1) is 0 Å². The Kier molecular flexibility index (Phi) is 2.13. The molecule has 76 valence electrons. The Hall–Kier alpha value is -0.120. The molecule has 0 aromatic carbocycles. The molecule has 0 aromatic rings. The van der Waals surface area contributed by atoms with Crippen LogP contribution >= 0.6 is 0 Å². The van der Waals surface area contributed by atoms with Gasteiger partial charge in [-0.3, -0.25) is 0 Å². The molecule has 4 atom stereocenters. The van der Waals surface area contributed by atoms with Gasteiger partial charge in [0.05, 0.1) is 12.2 Å². The molecular weight excluding hydrogens is 168 g/mol. The van der Waals surface area contributed by atoms with Crippen molar-refractivity contribution in [2.75, 3.05) is 0 Å². The Labute approximate surface area is 79.0 Å². The summed E-state index contributed by atoms with van der Waals surface area (Å²) in [5, 5.41) is 9.88. The second-order valence-corrected chi connectivity index (χ2v) is 4.68. The van der Waals surface area contributed by atoms with Crippen LogP contribution in [-0.2, 0) is 9.47 Å². The van der Waals surface area contributed by atoms with E-state index >= 15 is 0 Å². The molecule has 2 rings (SSSR count). The Morgan fingerprint density at radius 2 is 1.92 bits per heavy atom. The lowest BCUT2D eigenvalue weighted by molar-refractivity contribution is -0.155. The molecule has 0 radical (unpaired) electrons. The summed E-state index contributed by atoms with van der Waals surface area (Å²) >= 11 is 0. The second-order valence-electron chi connectivity index (χ2n) is 4.68. The third-order valence-electron chi connectivity index (χ3n) is 3.05. The average molecular weight is 186 g/mol. The van der Waals surface area contributed by atoms with Crippen molar-refractivity contribution in [2.24, 2.45) is 5.92 Å². The fourth-order valence-electron chi connectivity index (χ4n) is 2.30. The first-order chi connectivity index (χ1) is 5.99. The van der Waals surface area contributed by atoms with E-state index < -0.39 is 5.79 Å². The van der Waals surface area contributed by atoms with Crippen LogP contribution in [0.3, 0.4) is 0 Å². The summed E-state index contributed by atoms with van der Waals surface area (Å²) in [7, 11) is 0. The second kappa shape index (κ2) is 2.94. The Morgan fingerprint density at radius 1 is 1.23 bits per heavy atom. The fourth-order valence-corrected chi connectivity index (χ4v) is 2.30. The van der Waals surface area contributed by atoms with Crippen LogP contribution in [0.5, 0.6) is 0 Å². The molecule has 1 aliphatic heterocycles. The molecule has 1 N–H and O–H groups in total. The zero-order chi connectivity index (χ0) is 9.64. The van der Waals surface area contributed by atoms with Crippen LogP contribution in [0, 0.1) is 5.92 Å². The molecule has 1 unspecified atom stereocenters. The summed E-state index contributed by atoms with van der Waals surface area (Å²) in [5.41, 5.74) is 0. The standard InChI is InChI=1S/C10H18O3/c1-6-4-5-7-9(8(6)11)13-10(2,3)12-7/h6-9,11H,4-5H2,1-3H3/t6-,7+,8-,9?/m1/s1. The topological polar surface area (TPSA) is 38.7 Å². The summed E-state index contributed by atoms with van der Waals surface area (Å²) in [5.74, 6) is -0.181. The van der Waals surface area contributed by atoms with Crippen molar-refractivity contribution < 1.29 is 14.6 Å². The van der Waals surface area contributed by atoms with Crippen molar-refractivity contribution in [1.82, 2.24) is 0 Å². The monoisotopic (exact) mass is 186 g/mol. The Morgan fingerprint density at radius 3 is 2.62 bits per heavy atom. The van der Waals surface area contributed by atoms with Crippen LogP contribution in [0.4, 0.5) is 0 Å². The molecule has 2 aliphatic rings. The van der Waals surface area contributed by atoms with E-state index in [9.17, 15) is 5.11 Å². The van der Waals surface area contributed by atoms with E-state index in [1.54, 1.807) is 0 Å². The Balaban J connectivity index is 2.11. The van der Waals surface area contributed by atoms with Crippen molar-refractivity contribution in [3.05, 3.63) is 0 Å². The highest BCUT2D eigenvalue weighted by atomic mass is 16.8. The van der Waals surface area contributed by atoms with Crippen molar-refractivity contribution in [1.29, 1.82) is 0 Å². The highest BCUT2D eigenvalue weighted by Crippen LogP contribution is 2.38. The minimum Gasteiger partial charge on any atom is -0.390 e. The molecule has 0 bridgehead atoms. The van der Waals surface area contributed by atoms with Gasteiger partial charge in [0.2, 0.25) is 0 Å². The molecule has 1 heterocycles. The number of aliphatic hydroxyl groups excluding tert-OH is 1. The third-order valence-corrected chi connectivity index (χ3v) is 3.05. The van der Waals surface area contributed by atoms with Crippen molar-refractivity contribution >= 4 is 0 Å². The molecule has 0 amide bonds. The average Bonchev–Trinajstić information content (AvgIpc) is 2.34. The van der Waals surface area contributed by atoms with Crippen molar-refractivity contribution in [3.8, 4) is 0 Å². The number of ether oxygens (including phenoxy) is 2. The van der Waals surface area contributed by atoms with Gasteiger partial charge in [-0.25, -0.2) is 0 Å². The largest absolute Gasteiger partial charge is 0.390 e. The fraction of sp³-hybridized carbons (Fsp3) is 1.00. The lowest BCUT2D eigenvalue weighted by Gasteiger charge is -2.32. The number of hydrogen-bond acceptors (Lipinski definition) is 3. The number of hydrogen-bond donors (Lipinski definition) is 1. The molecule has 13 heavy (non-hydrogen) atoms. The first-order valence-electron chi connectivity index (χ1n) is 5.03. The molecule has 1 aliphatic carbocycles. The summed E-state index contributed by atoms with van der Waals surface area (Å²) in [4.78, 5) is 0. The van der Waals surface area contributed by atoms with E-state index in [2.05, 4.69) is 6.92 Å². The van der Waals surface area contributed by atoms with Gasteiger partial charge < -0.3 is 14.6 Å². The summed E-state index contributed by atoms with van der Waals surface area (Å²) in [6.45, 7) is 5.88. The number of rotatable bonds is 0. The Bertz CT molecular complexity index is 202. The molecule has 1 saturated carbocycles. The van der Waals surface area contributed by atoms with Crippen molar-refractivity contribution in [3.63, 3.8) is 0 Å². The summed E-state index contributed by atoms with van der Waals surface area (Å²) in [6, 6.07) is 0. The summed E-state index contributed by atoms with van der Waals surface area (Å²) < 4.78 is 11.4. The van der Waals surface area contributed by atoms with Gasteiger partial charge in [0.1, 0.15) is 6.10 Å². The summed E-state index contributed by atoms with van der Waals surface area (Å²) in [6.07, 6.45) is 1.66. The maximum Gasteiger partial charge on any atom is 0.163 e. The third kappa shape index (κ3) is 1.60. The van der Waals surface area contributed by atoms with Crippen LogP contribution in [0.1, 0.15) is 33.6 Å². The van der Waals surface area contributed by atoms with Crippen LogP contribution in [0.25, 0.3) is 0 Å². The zero-order valence-corrected chi connectivity index (χ0v) is 8.49. The predicted molar refractivity (Wildman–Crippen MR) is 48.2 cm³/mol. The minimum absolute atomic E-state index is 0.0983. The normalized spacial score (nSPS) is 48.9. The van der Waals surface area contributed by atoms with E-state index in [0.29, 0.717) is 5.92 Å². The smallest absolute Gasteiger partial charge is 0.163 e. The molecular formula is C10H18O3. The van der Waals surface area contributed by atoms with Gasteiger partial charge in [-0.05, 0) is 32.6 Å². The molecule has 2 fully saturated rings. The van der Waals surface area contributed by atoms with Gasteiger partial charge in [0.25, 0.3) is 0 Å². The predicted octanol–water partition coefficient (Wildman–Crippen LogP) is 1.30. The first-order valence-corrected chi connectivity index (χ1v) is 5.03. The van der Waals surface area contributed by atoms with Crippen LogP contribution in [0.2, 0.25) is 0 Å². The first kappa shape index (κ1) is 9.44. The van der Waals surface area contributed by atoms with Gasteiger partial charge in [0, 0.05) is 0 Å². The lowest BCUT2D eigenvalue weighted by atomic mass is 9.84. The maximum absolute atomic E-state index is 9.88. The number of aliphatic hydroxyl groups is 1. The zero-order valence-electron chi connectivity index (χ0n) is 8.49. The van der Waals surface area contributed by atoms with Crippen LogP contribution in [-0.4, -0.2) is 29.2 Å². The highest BCUT2D eigenvalue weighted by Gasteiger charge is 2.48. The minimum atomic E-state index is -0.514. The van der Waals surface area contributed by atoms with Gasteiger partial charge in [-0.1, -0.05) is 6.92 Å². The van der Waals surface area contributed by atoms with Gasteiger partial charge >= 0.3 is 0 Å². The highest BCUT2D eigenvalue weighted by molar-refractivity contribution is 4.92. The van der Waals surface area contributed by atoms with E-state index in [0.717, 1.165) is 12.8 Å². The van der Waals surface area contributed by atoms with Crippen LogP contribution < -0.4 is 0 Å². The molecule has 3 heteroatoms. The van der Waals surface area contributed by atoms with Crippen LogP contribution in [0.15, 0.2) is 0 Å². The quantitative estimate of drug-likeness (QED) is 0.619. The molecule has 0 spiro atoms. The van der Waals surface area contributed by atoms with Gasteiger partial charge in [0.15, 0.2) is 5.79 Å². The molecule has 0 aromatic heterocycles. The molecule has 1 saturated heterocycles. The molecule has 3 nitrogen and oxygen atoms in total. The van der Waals surface area contributed by atoms with E-state index in [1.165, 1.54) is 0 Å². The van der Waals surface area contributed by atoms with Crippen molar-refractivity contribution in [2.45, 2.75) is 57.7 Å². The SMILES string of the molecule is C[C@@H]1CC[C@@H]2OC(C)(C)OC2[C@@H]1O. The van der Waals surface area contributed by atoms with Gasteiger partial charge in [-0.2, -0.15) is 0 Å².